The lowest BCUT2D eigenvalue weighted by molar-refractivity contribution is -0.117. The highest BCUT2D eigenvalue weighted by atomic mass is 32.1. The van der Waals surface area contributed by atoms with E-state index in [4.69, 9.17) is 5.73 Å². The predicted octanol–water partition coefficient (Wildman–Crippen LogP) is 4.44. The molecular weight excluding hydrogens is 349 g/mol. The highest BCUT2D eigenvalue weighted by Crippen LogP contribution is 2.34. The summed E-state index contributed by atoms with van der Waals surface area (Å²) in [5, 5.41) is 3.75. The van der Waals surface area contributed by atoms with E-state index in [1.807, 2.05) is 30.3 Å². The number of nitrogens with one attached hydrogen (secondary N) is 1. The van der Waals surface area contributed by atoms with Crippen molar-refractivity contribution >= 4 is 44.4 Å². The Morgan fingerprint density at radius 2 is 2.04 bits per heavy atom. The van der Waals surface area contributed by atoms with Crippen LogP contribution >= 0.6 is 11.3 Å². The van der Waals surface area contributed by atoms with Crippen molar-refractivity contribution < 1.29 is 9.18 Å². The number of hydrogen-bond donors (Lipinski definition) is 2. The van der Waals surface area contributed by atoms with Crippen molar-refractivity contribution in [1.82, 2.24) is 0 Å². The molecule has 2 aromatic carbocycles. The van der Waals surface area contributed by atoms with Gasteiger partial charge in [0.1, 0.15) is 0 Å². The lowest BCUT2D eigenvalue weighted by Crippen LogP contribution is -2.17. The minimum atomic E-state index is -0.544. The molecule has 1 heterocycles. The number of carbonyl (C=O) groups excluding carboxylic acids is 1. The number of carbonyl (C=O) groups is 1. The second kappa shape index (κ2) is 6.53. The van der Waals surface area contributed by atoms with Gasteiger partial charge in [-0.15, -0.1) is 11.3 Å². The number of rotatable bonds is 4. The summed E-state index contributed by atoms with van der Waals surface area (Å²) in [6.45, 7) is 0. The van der Waals surface area contributed by atoms with Crippen LogP contribution in [0.4, 0.5) is 15.8 Å². The van der Waals surface area contributed by atoms with Crippen molar-refractivity contribution in [3.63, 3.8) is 0 Å². The van der Waals surface area contributed by atoms with Crippen LogP contribution in [0.1, 0.15) is 23.3 Å². The Kier molecular flexibility index (Phi) is 4.20. The van der Waals surface area contributed by atoms with E-state index in [0.29, 0.717) is 11.4 Å². The topological polar surface area (TPSA) is 67.5 Å². The van der Waals surface area contributed by atoms with Crippen LogP contribution in [0.3, 0.4) is 0 Å². The molecule has 0 aliphatic heterocycles. The molecule has 0 spiro atoms. The molecular formula is C20H18FN3OS. The molecule has 0 atom stereocenters. The molecule has 4 rings (SSSR count). The third-order valence-corrected chi connectivity index (χ3v) is 5.62. The van der Waals surface area contributed by atoms with E-state index in [1.54, 1.807) is 13.1 Å². The minimum Gasteiger partial charge on any atom is -0.398 e. The lowest BCUT2D eigenvalue weighted by Gasteiger charge is -2.13. The van der Waals surface area contributed by atoms with Crippen LogP contribution in [-0.4, -0.2) is 18.7 Å². The van der Waals surface area contributed by atoms with Gasteiger partial charge >= 0.3 is 0 Å². The molecule has 1 aromatic heterocycles. The summed E-state index contributed by atoms with van der Waals surface area (Å²) in [6, 6.07) is 13.1. The zero-order valence-corrected chi connectivity index (χ0v) is 15.1. The number of halogens is 1. The Bertz CT molecular complexity index is 1000. The number of benzene rings is 2. The van der Waals surface area contributed by atoms with Gasteiger partial charge in [0, 0.05) is 23.4 Å². The maximum Gasteiger partial charge on any atom is 0.227 e. The summed E-state index contributed by atoms with van der Waals surface area (Å²) in [5.41, 5.74) is 7.23. The van der Waals surface area contributed by atoms with Crippen molar-refractivity contribution in [2.75, 3.05) is 18.1 Å². The summed E-state index contributed by atoms with van der Waals surface area (Å²) >= 11 is 1.54. The largest absolute Gasteiger partial charge is 0.398 e. The molecule has 3 N–H and O–H groups in total. The first-order chi connectivity index (χ1) is 12.6. The van der Waals surface area contributed by atoms with Gasteiger partial charge in [-0.1, -0.05) is 18.2 Å². The summed E-state index contributed by atoms with van der Waals surface area (Å²) in [7, 11) is 1.62. The zero-order chi connectivity index (χ0) is 18.3. The first-order valence-electron chi connectivity index (χ1n) is 8.43. The van der Waals surface area contributed by atoms with Gasteiger partial charge in [0.15, 0.2) is 5.82 Å². The number of amides is 1. The molecule has 0 unspecified atom stereocenters. The Balaban J connectivity index is 1.77. The standard InChI is InChI=1S/C20H18FN3OS/c1-23-19(16-10-12-4-2-3-5-15(12)26-16)17-13(22)8-9-14(18(17)21)24-20(25)11-6-7-11/h2-5,8-11H,6-7,22H2,1H3,(H,24,25). The van der Waals surface area contributed by atoms with Crippen LogP contribution < -0.4 is 11.1 Å². The third kappa shape index (κ3) is 2.97. The van der Waals surface area contributed by atoms with E-state index in [9.17, 15) is 4.79 Å². The van der Waals surface area contributed by atoms with Crippen molar-refractivity contribution in [3.05, 3.63) is 58.7 Å². The Morgan fingerprint density at radius 3 is 2.73 bits per heavy atom. The van der Waals surface area contributed by atoms with Crippen LogP contribution in [0.2, 0.25) is 0 Å². The normalized spacial score (nSPS) is 14.6. The molecule has 1 aliphatic rings. The smallest absolute Gasteiger partial charge is 0.227 e. The number of thiophene rings is 1. The van der Waals surface area contributed by atoms with Crippen LogP contribution in [0.15, 0.2) is 47.5 Å². The fourth-order valence-corrected chi connectivity index (χ4v) is 4.06. The van der Waals surface area contributed by atoms with E-state index in [1.165, 1.54) is 17.4 Å². The Hall–Kier alpha value is -2.73. The average molecular weight is 367 g/mol. The summed E-state index contributed by atoms with van der Waals surface area (Å²) < 4.78 is 16.3. The molecule has 1 fully saturated rings. The summed E-state index contributed by atoms with van der Waals surface area (Å²) in [6.07, 6.45) is 1.72. The molecule has 6 heteroatoms. The molecule has 1 saturated carbocycles. The predicted molar refractivity (Wildman–Crippen MR) is 106 cm³/mol. The number of hydrogen-bond acceptors (Lipinski definition) is 4. The number of nitrogens with two attached hydrogens (primary N) is 1. The summed E-state index contributed by atoms with van der Waals surface area (Å²) in [5.74, 6) is -0.689. The molecule has 1 amide bonds. The highest BCUT2D eigenvalue weighted by Gasteiger charge is 2.30. The summed E-state index contributed by atoms with van der Waals surface area (Å²) in [4.78, 5) is 17.2. The molecule has 0 bridgehead atoms. The van der Waals surface area contributed by atoms with E-state index in [-0.39, 0.29) is 23.1 Å². The number of anilines is 2. The molecule has 26 heavy (non-hydrogen) atoms. The number of aliphatic imine (C=N–C) groups is 1. The minimum absolute atomic E-state index is 0.00249. The maximum atomic E-state index is 15.2. The van der Waals surface area contributed by atoms with E-state index >= 15 is 4.39 Å². The van der Waals surface area contributed by atoms with E-state index in [2.05, 4.69) is 10.3 Å². The van der Waals surface area contributed by atoms with Gasteiger partial charge in [0.05, 0.1) is 21.8 Å². The highest BCUT2D eigenvalue weighted by molar-refractivity contribution is 7.21. The van der Waals surface area contributed by atoms with Crippen LogP contribution in [0, 0.1) is 11.7 Å². The van der Waals surface area contributed by atoms with Gasteiger partial charge in [-0.3, -0.25) is 9.79 Å². The number of fused-ring (bicyclic) bond motifs is 1. The van der Waals surface area contributed by atoms with Crippen molar-refractivity contribution in [1.29, 1.82) is 0 Å². The molecule has 132 valence electrons. The van der Waals surface area contributed by atoms with Crippen LogP contribution in [0.25, 0.3) is 10.1 Å². The molecule has 0 saturated heterocycles. The Morgan fingerprint density at radius 1 is 1.27 bits per heavy atom. The number of nitrogens with zero attached hydrogens (tertiary/aromatic N) is 1. The molecule has 3 aromatic rings. The fourth-order valence-electron chi connectivity index (χ4n) is 2.95. The maximum absolute atomic E-state index is 15.2. The average Bonchev–Trinajstić information content (AvgIpc) is 3.40. The molecule has 1 aliphatic carbocycles. The number of nitrogen functional groups attached to an aromatic ring is 1. The monoisotopic (exact) mass is 367 g/mol. The lowest BCUT2D eigenvalue weighted by atomic mass is 10.0. The SMILES string of the molecule is CN=C(c1cc2ccccc2s1)c1c(N)ccc(NC(=O)C2CC2)c1F. The van der Waals surface area contributed by atoms with Gasteiger partial charge in [-0.05, 0) is 42.5 Å². The van der Waals surface area contributed by atoms with Crippen molar-refractivity contribution in [3.8, 4) is 0 Å². The molecule has 4 nitrogen and oxygen atoms in total. The van der Waals surface area contributed by atoms with Crippen LogP contribution in [-0.2, 0) is 4.79 Å². The quantitative estimate of drug-likeness (QED) is 0.529. The van der Waals surface area contributed by atoms with Gasteiger partial charge in [0.2, 0.25) is 5.91 Å². The van der Waals surface area contributed by atoms with Crippen molar-refractivity contribution in [2.45, 2.75) is 12.8 Å². The van der Waals surface area contributed by atoms with Gasteiger partial charge in [-0.2, -0.15) is 0 Å². The van der Waals surface area contributed by atoms with Crippen LogP contribution in [0.5, 0.6) is 0 Å². The third-order valence-electron chi connectivity index (χ3n) is 4.50. The first kappa shape index (κ1) is 16.7. The second-order valence-electron chi connectivity index (χ2n) is 6.38. The zero-order valence-electron chi connectivity index (χ0n) is 14.3. The van der Waals surface area contributed by atoms with Crippen molar-refractivity contribution in [2.24, 2.45) is 10.9 Å². The first-order valence-corrected chi connectivity index (χ1v) is 9.25. The van der Waals surface area contributed by atoms with Gasteiger partial charge < -0.3 is 11.1 Å². The van der Waals surface area contributed by atoms with E-state index in [0.717, 1.165) is 27.8 Å². The van der Waals surface area contributed by atoms with Gasteiger partial charge in [-0.25, -0.2) is 4.39 Å². The Labute approximate surface area is 154 Å². The fraction of sp³-hybridized carbons (Fsp3) is 0.200. The second-order valence-corrected chi connectivity index (χ2v) is 7.46. The van der Waals surface area contributed by atoms with Gasteiger partial charge in [0.25, 0.3) is 0 Å². The molecule has 0 radical (unpaired) electrons. The van der Waals surface area contributed by atoms with E-state index < -0.39 is 5.82 Å².